The summed E-state index contributed by atoms with van der Waals surface area (Å²) in [6, 6.07) is 24.2. The number of benzene rings is 2. The molecule has 0 aliphatic heterocycles. The smallest absolute Gasteiger partial charge is 0.130 e. The SMILES string of the molecule is C(=Cc1cc(C=Cc2ccc3cc[nH]c3c2)n[nH]1)c1ccc(OCc2ccccn2)cc1. The van der Waals surface area contributed by atoms with Gasteiger partial charge in [-0.3, -0.25) is 10.1 Å². The predicted molar refractivity (Wildman–Crippen MR) is 130 cm³/mol. The van der Waals surface area contributed by atoms with Crippen molar-refractivity contribution in [1.82, 2.24) is 20.2 Å². The fraction of sp³-hybridized carbons (Fsp3) is 0.0370. The van der Waals surface area contributed by atoms with Crippen molar-refractivity contribution in [3.8, 4) is 5.75 Å². The van der Waals surface area contributed by atoms with Crippen LogP contribution in [0, 0.1) is 0 Å². The van der Waals surface area contributed by atoms with E-state index < -0.39 is 0 Å². The highest BCUT2D eigenvalue weighted by atomic mass is 16.5. The molecule has 0 spiro atoms. The van der Waals surface area contributed by atoms with Crippen LogP contribution in [0.1, 0.15) is 28.2 Å². The highest BCUT2D eigenvalue weighted by Crippen LogP contribution is 2.18. The van der Waals surface area contributed by atoms with Crippen molar-refractivity contribution in [2.75, 3.05) is 0 Å². The number of fused-ring (bicyclic) bond motifs is 1. The molecular formula is C27H22N4O. The molecule has 5 aromatic rings. The molecule has 0 radical (unpaired) electrons. The number of pyridine rings is 1. The largest absolute Gasteiger partial charge is 0.487 e. The lowest BCUT2D eigenvalue weighted by atomic mass is 10.1. The molecule has 0 bridgehead atoms. The van der Waals surface area contributed by atoms with E-state index in [1.54, 1.807) is 6.20 Å². The summed E-state index contributed by atoms with van der Waals surface area (Å²) in [6.07, 6.45) is 11.8. The van der Waals surface area contributed by atoms with Crippen LogP contribution in [-0.4, -0.2) is 20.2 Å². The van der Waals surface area contributed by atoms with E-state index in [0.717, 1.165) is 39.5 Å². The lowest BCUT2D eigenvalue weighted by Crippen LogP contribution is -1.97. The van der Waals surface area contributed by atoms with Crippen molar-refractivity contribution >= 4 is 35.2 Å². The predicted octanol–water partition coefficient (Wildman–Crippen LogP) is 6.21. The van der Waals surface area contributed by atoms with E-state index in [-0.39, 0.29) is 0 Å². The molecule has 0 saturated carbocycles. The molecule has 0 fully saturated rings. The normalized spacial score (nSPS) is 11.6. The van der Waals surface area contributed by atoms with Crippen LogP contribution >= 0.6 is 0 Å². The van der Waals surface area contributed by atoms with Crippen LogP contribution in [0.15, 0.2) is 85.2 Å². The maximum atomic E-state index is 5.78. The molecule has 0 atom stereocenters. The highest BCUT2D eigenvalue weighted by Gasteiger charge is 1.99. The number of nitrogens with zero attached hydrogens (tertiary/aromatic N) is 2. The van der Waals surface area contributed by atoms with Crippen molar-refractivity contribution in [3.05, 3.63) is 113 Å². The van der Waals surface area contributed by atoms with Crippen LogP contribution in [0.2, 0.25) is 0 Å². The third kappa shape index (κ3) is 4.84. The first kappa shape index (κ1) is 19.6. The van der Waals surface area contributed by atoms with Gasteiger partial charge in [-0.25, -0.2) is 0 Å². The lowest BCUT2D eigenvalue weighted by molar-refractivity contribution is 0.301. The minimum absolute atomic E-state index is 0.458. The van der Waals surface area contributed by atoms with Crippen LogP contribution < -0.4 is 4.74 Å². The van der Waals surface area contributed by atoms with Gasteiger partial charge in [0.2, 0.25) is 0 Å². The molecule has 5 heteroatoms. The van der Waals surface area contributed by atoms with Crippen molar-refractivity contribution in [3.63, 3.8) is 0 Å². The number of ether oxygens (including phenoxy) is 1. The van der Waals surface area contributed by atoms with E-state index in [1.807, 2.05) is 73.0 Å². The van der Waals surface area contributed by atoms with E-state index in [1.165, 1.54) is 5.39 Å². The van der Waals surface area contributed by atoms with Crippen molar-refractivity contribution in [2.24, 2.45) is 0 Å². The summed E-state index contributed by atoms with van der Waals surface area (Å²) >= 11 is 0. The van der Waals surface area contributed by atoms with Gasteiger partial charge < -0.3 is 9.72 Å². The Labute approximate surface area is 186 Å². The van der Waals surface area contributed by atoms with Gasteiger partial charge >= 0.3 is 0 Å². The number of H-pyrrole nitrogens is 2. The van der Waals surface area contributed by atoms with Gasteiger partial charge in [0.05, 0.1) is 17.1 Å². The average molecular weight is 419 g/mol. The summed E-state index contributed by atoms with van der Waals surface area (Å²) in [7, 11) is 0. The second-order valence-electron chi connectivity index (χ2n) is 7.42. The summed E-state index contributed by atoms with van der Waals surface area (Å²) in [5.41, 5.74) is 6.08. The van der Waals surface area contributed by atoms with E-state index in [4.69, 9.17) is 4.74 Å². The van der Waals surface area contributed by atoms with Crippen molar-refractivity contribution < 1.29 is 4.74 Å². The molecule has 5 nitrogen and oxygen atoms in total. The number of rotatable bonds is 7. The summed E-state index contributed by atoms with van der Waals surface area (Å²) in [5, 5.41) is 8.64. The van der Waals surface area contributed by atoms with Crippen molar-refractivity contribution in [2.45, 2.75) is 6.61 Å². The third-order valence-electron chi connectivity index (χ3n) is 5.09. The number of hydrogen-bond donors (Lipinski definition) is 2. The monoisotopic (exact) mass is 418 g/mol. The van der Waals surface area contributed by atoms with Crippen LogP contribution in [0.4, 0.5) is 0 Å². The second kappa shape index (κ2) is 9.18. The van der Waals surface area contributed by atoms with E-state index in [0.29, 0.717) is 6.61 Å². The molecule has 3 heterocycles. The zero-order valence-electron chi connectivity index (χ0n) is 17.4. The summed E-state index contributed by atoms with van der Waals surface area (Å²) < 4.78 is 5.78. The molecule has 0 unspecified atom stereocenters. The number of aromatic nitrogens is 4. The van der Waals surface area contributed by atoms with Gasteiger partial charge in [0, 0.05) is 17.9 Å². The number of aromatic amines is 2. The summed E-state index contributed by atoms with van der Waals surface area (Å²) in [6.45, 7) is 0.458. The van der Waals surface area contributed by atoms with Gasteiger partial charge in [-0.1, -0.05) is 42.5 Å². The zero-order chi connectivity index (χ0) is 21.6. The standard InChI is InChI=1S/C27H22N4O/c1-2-15-28-25(3-1)19-32-26-12-7-20(8-13-26)5-10-23-18-24(31-30-23)11-6-21-4-9-22-14-16-29-27(22)17-21/h1-18,29H,19H2,(H,30,31). The van der Waals surface area contributed by atoms with Crippen LogP contribution in [0.25, 0.3) is 35.2 Å². The molecule has 5 rings (SSSR count). The van der Waals surface area contributed by atoms with Gasteiger partial charge in [-0.05, 0) is 71.1 Å². The fourth-order valence-electron chi connectivity index (χ4n) is 3.38. The Morgan fingerprint density at radius 1 is 0.812 bits per heavy atom. The topological polar surface area (TPSA) is 66.6 Å². The Bertz CT molecular complexity index is 1360. The average Bonchev–Trinajstić information content (AvgIpc) is 3.50. The van der Waals surface area contributed by atoms with E-state index >= 15 is 0 Å². The molecule has 32 heavy (non-hydrogen) atoms. The molecule has 0 amide bonds. The van der Waals surface area contributed by atoms with E-state index in [2.05, 4.69) is 50.5 Å². The Balaban J connectivity index is 1.18. The molecule has 3 aromatic heterocycles. The van der Waals surface area contributed by atoms with Gasteiger partial charge in [-0.15, -0.1) is 0 Å². The molecule has 0 aliphatic carbocycles. The maximum absolute atomic E-state index is 5.78. The van der Waals surface area contributed by atoms with Crippen LogP contribution in [-0.2, 0) is 6.61 Å². The van der Waals surface area contributed by atoms with Crippen molar-refractivity contribution in [1.29, 1.82) is 0 Å². The Morgan fingerprint density at radius 2 is 1.69 bits per heavy atom. The highest BCUT2D eigenvalue weighted by molar-refractivity contribution is 5.83. The summed E-state index contributed by atoms with van der Waals surface area (Å²) in [4.78, 5) is 7.50. The maximum Gasteiger partial charge on any atom is 0.130 e. The third-order valence-corrected chi connectivity index (χ3v) is 5.09. The first-order valence-electron chi connectivity index (χ1n) is 10.4. The fourth-order valence-corrected chi connectivity index (χ4v) is 3.38. The zero-order valence-corrected chi connectivity index (χ0v) is 17.4. The molecule has 2 aromatic carbocycles. The minimum Gasteiger partial charge on any atom is -0.487 e. The summed E-state index contributed by atoms with van der Waals surface area (Å²) in [5.74, 6) is 0.819. The number of nitrogens with one attached hydrogen (secondary N) is 2. The van der Waals surface area contributed by atoms with E-state index in [9.17, 15) is 0 Å². The first-order valence-corrected chi connectivity index (χ1v) is 10.4. The van der Waals surface area contributed by atoms with Gasteiger partial charge in [-0.2, -0.15) is 5.10 Å². The Morgan fingerprint density at radius 3 is 2.56 bits per heavy atom. The lowest BCUT2D eigenvalue weighted by Gasteiger charge is -2.05. The van der Waals surface area contributed by atoms with Gasteiger partial charge in [0.15, 0.2) is 0 Å². The van der Waals surface area contributed by atoms with Crippen LogP contribution in [0.3, 0.4) is 0 Å². The quantitative estimate of drug-likeness (QED) is 0.330. The molecule has 0 saturated heterocycles. The second-order valence-corrected chi connectivity index (χ2v) is 7.42. The molecular weight excluding hydrogens is 396 g/mol. The molecule has 2 N–H and O–H groups in total. The first-order chi connectivity index (χ1) is 15.8. The molecule has 156 valence electrons. The Hall–Kier alpha value is -4.38. The minimum atomic E-state index is 0.458. The molecule has 0 aliphatic rings. The van der Waals surface area contributed by atoms with Gasteiger partial charge in [0.25, 0.3) is 0 Å². The Kier molecular flexibility index (Phi) is 5.62. The van der Waals surface area contributed by atoms with Crippen LogP contribution in [0.5, 0.6) is 5.75 Å². The van der Waals surface area contributed by atoms with Gasteiger partial charge in [0.1, 0.15) is 12.4 Å². The number of hydrogen-bond acceptors (Lipinski definition) is 3.